The van der Waals surface area contributed by atoms with Crippen LogP contribution in [0.1, 0.15) is 31.3 Å². The fourth-order valence-corrected chi connectivity index (χ4v) is 2.14. The van der Waals surface area contributed by atoms with E-state index in [1.54, 1.807) is 12.3 Å². The molecule has 4 heteroatoms. The van der Waals surface area contributed by atoms with Crippen molar-refractivity contribution in [2.75, 3.05) is 32.1 Å². The smallest absolute Gasteiger partial charge is 0.178 e. The maximum Gasteiger partial charge on any atom is 0.178 e. The summed E-state index contributed by atoms with van der Waals surface area (Å²) in [5, 5.41) is 0. The quantitative estimate of drug-likeness (QED) is 0.723. The normalized spacial score (nSPS) is 12.6. The predicted octanol–water partition coefficient (Wildman–Crippen LogP) is 2.06. The van der Waals surface area contributed by atoms with Crippen molar-refractivity contribution in [1.29, 1.82) is 0 Å². The molecule has 0 fully saturated rings. The van der Waals surface area contributed by atoms with Crippen LogP contribution in [0.25, 0.3) is 0 Å². The van der Waals surface area contributed by atoms with E-state index in [9.17, 15) is 4.79 Å². The van der Waals surface area contributed by atoms with Crippen LogP contribution in [0, 0.1) is 0 Å². The first kappa shape index (κ1) is 14.6. The molecule has 0 radical (unpaired) electrons. The number of Topliss-reactive ketones (excluding diaryl/α,β-unsaturated/α-hetero) is 1. The number of pyridine rings is 1. The molecular formula is C14H23N3O. The molecule has 1 aromatic heterocycles. The minimum absolute atomic E-state index is 0.00550. The highest BCUT2D eigenvalue weighted by Gasteiger charge is 2.14. The highest BCUT2D eigenvalue weighted by Crippen LogP contribution is 2.16. The first-order valence-corrected chi connectivity index (χ1v) is 6.34. The van der Waals surface area contributed by atoms with Crippen molar-refractivity contribution in [3.05, 3.63) is 24.0 Å². The van der Waals surface area contributed by atoms with Gasteiger partial charge in [-0.05, 0) is 40.1 Å². The Morgan fingerprint density at radius 1 is 1.39 bits per heavy atom. The number of hydrogen-bond donors (Lipinski definition) is 0. The third-order valence-corrected chi connectivity index (χ3v) is 2.94. The van der Waals surface area contributed by atoms with Crippen LogP contribution in [0.4, 0.5) is 5.69 Å². The van der Waals surface area contributed by atoms with Gasteiger partial charge in [0, 0.05) is 26.1 Å². The maximum atomic E-state index is 11.2. The molecule has 0 aliphatic heterocycles. The zero-order valence-corrected chi connectivity index (χ0v) is 12.0. The highest BCUT2D eigenvalue weighted by molar-refractivity contribution is 5.92. The Balaban J connectivity index is 2.85. The molecule has 100 valence electrons. The van der Waals surface area contributed by atoms with Gasteiger partial charge in [0.15, 0.2) is 5.78 Å². The zero-order valence-electron chi connectivity index (χ0n) is 12.0. The zero-order chi connectivity index (χ0) is 13.7. The highest BCUT2D eigenvalue weighted by atomic mass is 16.1. The van der Waals surface area contributed by atoms with Gasteiger partial charge < -0.3 is 9.80 Å². The van der Waals surface area contributed by atoms with Crippen LogP contribution in [0.15, 0.2) is 18.3 Å². The van der Waals surface area contributed by atoms with E-state index in [2.05, 4.69) is 42.7 Å². The summed E-state index contributed by atoms with van der Waals surface area (Å²) >= 11 is 0. The monoisotopic (exact) mass is 249 g/mol. The molecule has 0 aliphatic rings. The van der Waals surface area contributed by atoms with Crippen LogP contribution in [-0.4, -0.2) is 48.9 Å². The number of carbonyl (C=O) groups is 1. The van der Waals surface area contributed by atoms with E-state index >= 15 is 0 Å². The van der Waals surface area contributed by atoms with E-state index in [0.717, 1.165) is 18.8 Å². The standard InChI is InChI=1S/C14H23N3O/c1-6-17(11(2)10-16(4)5)13-7-8-14(12(3)18)15-9-13/h7-9,11H,6,10H2,1-5H3. The molecule has 1 atom stereocenters. The predicted molar refractivity (Wildman–Crippen MR) is 75.3 cm³/mol. The van der Waals surface area contributed by atoms with E-state index in [1.807, 2.05) is 6.07 Å². The van der Waals surface area contributed by atoms with Crippen molar-refractivity contribution in [2.24, 2.45) is 0 Å². The van der Waals surface area contributed by atoms with Crippen LogP contribution >= 0.6 is 0 Å². The van der Waals surface area contributed by atoms with Crippen LogP contribution in [0.3, 0.4) is 0 Å². The number of ketones is 1. The summed E-state index contributed by atoms with van der Waals surface area (Å²) in [6, 6.07) is 4.18. The van der Waals surface area contributed by atoms with Gasteiger partial charge in [-0.15, -0.1) is 0 Å². The third-order valence-electron chi connectivity index (χ3n) is 2.94. The lowest BCUT2D eigenvalue weighted by Gasteiger charge is -2.31. The number of likely N-dealkylation sites (N-methyl/N-ethyl adjacent to an activating group) is 2. The van der Waals surface area contributed by atoms with Crippen LogP contribution in [-0.2, 0) is 0 Å². The van der Waals surface area contributed by atoms with E-state index in [0.29, 0.717) is 11.7 Å². The summed E-state index contributed by atoms with van der Waals surface area (Å²) in [7, 11) is 4.14. The number of rotatable bonds is 6. The summed E-state index contributed by atoms with van der Waals surface area (Å²) in [6.45, 7) is 7.78. The molecule has 0 aliphatic carbocycles. The fourth-order valence-electron chi connectivity index (χ4n) is 2.14. The third kappa shape index (κ3) is 3.81. The van der Waals surface area contributed by atoms with Gasteiger partial charge >= 0.3 is 0 Å². The Bertz CT molecular complexity index is 387. The molecular weight excluding hydrogens is 226 g/mol. The Labute approximate surface area is 110 Å². The van der Waals surface area contributed by atoms with Gasteiger partial charge in [0.1, 0.15) is 5.69 Å². The minimum atomic E-state index is 0.00550. The maximum absolute atomic E-state index is 11.2. The Hall–Kier alpha value is -1.42. The molecule has 0 spiro atoms. The van der Waals surface area contributed by atoms with Crippen LogP contribution < -0.4 is 4.90 Å². The summed E-state index contributed by atoms with van der Waals surface area (Å²) in [5.41, 5.74) is 1.59. The summed E-state index contributed by atoms with van der Waals surface area (Å²) in [6.07, 6.45) is 1.78. The molecule has 0 aromatic carbocycles. The minimum Gasteiger partial charge on any atom is -0.367 e. The molecule has 1 heterocycles. The first-order chi connectivity index (χ1) is 8.45. The molecule has 0 bridgehead atoms. The lowest BCUT2D eigenvalue weighted by atomic mass is 10.2. The number of hydrogen-bond acceptors (Lipinski definition) is 4. The lowest BCUT2D eigenvalue weighted by Crippen LogP contribution is -2.40. The average molecular weight is 249 g/mol. The molecule has 1 aromatic rings. The lowest BCUT2D eigenvalue weighted by molar-refractivity contribution is 0.101. The Kier molecular flexibility index (Phi) is 5.28. The van der Waals surface area contributed by atoms with Gasteiger partial charge in [0.05, 0.1) is 11.9 Å². The van der Waals surface area contributed by atoms with Crippen LogP contribution in [0.5, 0.6) is 0 Å². The van der Waals surface area contributed by atoms with Crippen molar-refractivity contribution in [3.63, 3.8) is 0 Å². The molecule has 0 N–H and O–H groups in total. The van der Waals surface area contributed by atoms with E-state index in [1.165, 1.54) is 6.92 Å². The number of anilines is 1. The largest absolute Gasteiger partial charge is 0.367 e. The number of nitrogens with zero attached hydrogens (tertiary/aromatic N) is 3. The van der Waals surface area contributed by atoms with E-state index in [-0.39, 0.29) is 5.78 Å². The van der Waals surface area contributed by atoms with Crippen molar-refractivity contribution >= 4 is 11.5 Å². The molecule has 1 rings (SSSR count). The summed E-state index contributed by atoms with van der Waals surface area (Å²) in [4.78, 5) is 19.9. The second kappa shape index (κ2) is 6.50. The first-order valence-electron chi connectivity index (χ1n) is 6.34. The van der Waals surface area contributed by atoms with Gasteiger partial charge in [0.25, 0.3) is 0 Å². The Morgan fingerprint density at radius 2 is 2.06 bits per heavy atom. The number of aromatic nitrogens is 1. The van der Waals surface area contributed by atoms with E-state index in [4.69, 9.17) is 0 Å². The summed E-state index contributed by atoms with van der Waals surface area (Å²) < 4.78 is 0. The number of carbonyl (C=O) groups excluding carboxylic acids is 1. The van der Waals surface area contributed by atoms with Gasteiger partial charge in [-0.25, -0.2) is 0 Å². The molecule has 0 saturated heterocycles. The average Bonchev–Trinajstić information content (AvgIpc) is 2.29. The molecule has 1 unspecified atom stereocenters. The molecule has 0 amide bonds. The molecule has 18 heavy (non-hydrogen) atoms. The van der Waals surface area contributed by atoms with Crippen molar-refractivity contribution in [1.82, 2.24) is 9.88 Å². The van der Waals surface area contributed by atoms with Gasteiger partial charge in [0.2, 0.25) is 0 Å². The van der Waals surface area contributed by atoms with Gasteiger partial charge in [-0.2, -0.15) is 0 Å². The Morgan fingerprint density at radius 3 is 2.44 bits per heavy atom. The topological polar surface area (TPSA) is 36.4 Å². The van der Waals surface area contributed by atoms with E-state index < -0.39 is 0 Å². The fraction of sp³-hybridized carbons (Fsp3) is 0.571. The molecule has 4 nitrogen and oxygen atoms in total. The van der Waals surface area contributed by atoms with Crippen LogP contribution in [0.2, 0.25) is 0 Å². The SMILES string of the molecule is CCN(c1ccc(C(C)=O)nc1)C(C)CN(C)C. The summed E-state index contributed by atoms with van der Waals surface area (Å²) in [5.74, 6) is 0.00550. The second-order valence-electron chi connectivity index (χ2n) is 4.86. The van der Waals surface area contributed by atoms with Gasteiger partial charge in [-0.1, -0.05) is 0 Å². The molecule has 0 saturated carbocycles. The van der Waals surface area contributed by atoms with Crippen molar-refractivity contribution in [2.45, 2.75) is 26.8 Å². The van der Waals surface area contributed by atoms with Crippen molar-refractivity contribution < 1.29 is 4.79 Å². The second-order valence-corrected chi connectivity index (χ2v) is 4.86. The van der Waals surface area contributed by atoms with Gasteiger partial charge in [-0.3, -0.25) is 9.78 Å². The van der Waals surface area contributed by atoms with Crippen molar-refractivity contribution in [3.8, 4) is 0 Å².